The predicted molar refractivity (Wildman–Crippen MR) is 122 cm³/mol. The molecule has 1 N–H and O–H groups in total. The molecule has 182 valence electrons. The van der Waals surface area contributed by atoms with Gasteiger partial charge in [-0.2, -0.15) is 18.3 Å². The van der Waals surface area contributed by atoms with Crippen molar-refractivity contribution in [3.8, 4) is 11.4 Å². The molecule has 0 aliphatic carbocycles. The normalized spacial score (nSPS) is 17.5. The van der Waals surface area contributed by atoms with Crippen LogP contribution in [-0.4, -0.2) is 41.2 Å². The molecule has 4 heterocycles. The second kappa shape index (κ2) is 8.79. The SMILES string of the molecule is [2H]C([2H])([2H])c1cnc2nc(CC)c(C(=O)NCc3ccc(-c4nc5n(n4)CC[C@H](C(F)(F)F)C5)cc3)n2c1. The number of amides is 1. The minimum absolute atomic E-state index is 0.00167. The Morgan fingerprint density at radius 3 is 2.77 bits per heavy atom. The van der Waals surface area contributed by atoms with Gasteiger partial charge in [0.15, 0.2) is 5.82 Å². The molecule has 1 aliphatic heterocycles. The first-order valence-corrected chi connectivity index (χ1v) is 11.2. The molecule has 0 saturated carbocycles. The lowest BCUT2D eigenvalue weighted by Crippen LogP contribution is -2.31. The van der Waals surface area contributed by atoms with Crippen molar-refractivity contribution in [3.05, 3.63) is 65.0 Å². The number of benzene rings is 1. The second-order valence-corrected chi connectivity index (χ2v) is 8.46. The van der Waals surface area contributed by atoms with Gasteiger partial charge < -0.3 is 5.32 Å². The fourth-order valence-electron chi connectivity index (χ4n) is 4.21. The van der Waals surface area contributed by atoms with Crippen LogP contribution in [0.15, 0.2) is 36.7 Å². The van der Waals surface area contributed by atoms with Crippen LogP contribution >= 0.6 is 0 Å². The molecule has 35 heavy (non-hydrogen) atoms. The molecular formula is C24H24F3N7O. The van der Waals surface area contributed by atoms with Crippen molar-refractivity contribution in [1.82, 2.24) is 34.4 Å². The van der Waals surface area contributed by atoms with Crippen LogP contribution in [0.2, 0.25) is 0 Å². The van der Waals surface area contributed by atoms with E-state index in [2.05, 4.69) is 25.4 Å². The Morgan fingerprint density at radius 2 is 2.06 bits per heavy atom. The molecule has 11 heteroatoms. The standard InChI is InChI=1S/C24H24F3N7O/c1-3-18-20(33-13-14(2)11-29-23(33)30-18)22(35)28-12-15-4-6-16(7-5-15)21-31-19-10-17(24(25,26)27)8-9-34(19)32-21/h4-7,11,13,17H,3,8-10,12H2,1-2H3,(H,28,35)/t17-/m0/s1/i2D3. The minimum atomic E-state index is -4.25. The van der Waals surface area contributed by atoms with Crippen molar-refractivity contribution < 1.29 is 22.1 Å². The van der Waals surface area contributed by atoms with Crippen LogP contribution in [0.3, 0.4) is 0 Å². The number of aromatic nitrogens is 6. The van der Waals surface area contributed by atoms with E-state index >= 15 is 0 Å². The van der Waals surface area contributed by atoms with E-state index in [0.29, 0.717) is 29.3 Å². The molecule has 1 amide bonds. The van der Waals surface area contributed by atoms with E-state index in [-0.39, 0.29) is 43.0 Å². The summed E-state index contributed by atoms with van der Waals surface area (Å²) < 4.78 is 65.1. The Labute approximate surface area is 203 Å². The van der Waals surface area contributed by atoms with E-state index in [4.69, 9.17) is 4.11 Å². The molecule has 1 aliphatic rings. The third-order valence-electron chi connectivity index (χ3n) is 6.10. The smallest absolute Gasteiger partial charge is 0.347 e. The predicted octanol–water partition coefficient (Wildman–Crippen LogP) is 3.91. The highest BCUT2D eigenvalue weighted by Crippen LogP contribution is 2.34. The number of alkyl halides is 3. The summed E-state index contributed by atoms with van der Waals surface area (Å²) >= 11 is 0. The molecule has 0 bridgehead atoms. The Balaban J connectivity index is 1.30. The lowest BCUT2D eigenvalue weighted by atomic mass is 9.98. The topological polar surface area (TPSA) is 90.0 Å². The number of carbonyl (C=O) groups is 1. The van der Waals surface area contributed by atoms with Gasteiger partial charge in [-0.3, -0.25) is 9.20 Å². The summed E-state index contributed by atoms with van der Waals surface area (Å²) in [6.45, 7) is -0.186. The third-order valence-corrected chi connectivity index (χ3v) is 6.10. The van der Waals surface area contributed by atoms with Crippen molar-refractivity contribution in [2.24, 2.45) is 5.92 Å². The molecule has 1 aromatic carbocycles. The molecule has 0 spiro atoms. The maximum absolute atomic E-state index is 13.1. The van der Waals surface area contributed by atoms with Crippen molar-refractivity contribution in [1.29, 1.82) is 0 Å². The van der Waals surface area contributed by atoms with Crippen LogP contribution in [0, 0.1) is 12.8 Å². The van der Waals surface area contributed by atoms with Crippen LogP contribution in [-0.2, 0) is 25.9 Å². The first-order valence-electron chi connectivity index (χ1n) is 12.7. The highest BCUT2D eigenvalue weighted by molar-refractivity contribution is 5.94. The first kappa shape index (κ1) is 19.5. The van der Waals surface area contributed by atoms with E-state index in [1.54, 1.807) is 24.3 Å². The van der Waals surface area contributed by atoms with Gasteiger partial charge in [-0.25, -0.2) is 19.6 Å². The van der Waals surface area contributed by atoms with Gasteiger partial charge in [-0.05, 0) is 30.8 Å². The average molecular weight is 487 g/mol. The zero-order chi connectivity index (χ0) is 27.2. The lowest BCUT2D eigenvalue weighted by molar-refractivity contribution is -0.179. The molecule has 0 fully saturated rings. The summed E-state index contributed by atoms with van der Waals surface area (Å²) in [7, 11) is 0. The van der Waals surface area contributed by atoms with E-state index < -0.39 is 24.9 Å². The number of carbonyl (C=O) groups excluding carboxylic acids is 1. The van der Waals surface area contributed by atoms with Crippen molar-refractivity contribution in [3.63, 3.8) is 0 Å². The Bertz CT molecular complexity index is 1490. The zero-order valence-corrected chi connectivity index (χ0v) is 18.8. The fraction of sp³-hybridized carbons (Fsp3) is 0.375. The number of hydrogen-bond acceptors (Lipinski definition) is 5. The Hall–Kier alpha value is -3.76. The van der Waals surface area contributed by atoms with E-state index in [0.717, 1.165) is 5.56 Å². The van der Waals surface area contributed by atoms with Gasteiger partial charge in [-0.1, -0.05) is 31.2 Å². The highest BCUT2D eigenvalue weighted by atomic mass is 19.4. The summed E-state index contributed by atoms with van der Waals surface area (Å²) in [6.07, 6.45) is -1.41. The van der Waals surface area contributed by atoms with Crippen LogP contribution in [0.25, 0.3) is 17.2 Å². The molecular weight excluding hydrogens is 459 g/mol. The fourth-order valence-corrected chi connectivity index (χ4v) is 4.21. The largest absolute Gasteiger partial charge is 0.392 e. The summed E-state index contributed by atoms with van der Waals surface area (Å²) in [6, 6.07) is 7.06. The molecule has 4 aromatic rings. The lowest BCUT2D eigenvalue weighted by Gasteiger charge is -2.24. The second-order valence-electron chi connectivity index (χ2n) is 8.46. The number of hydrogen-bond donors (Lipinski definition) is 1. The summed E-state index contributed by atoms with van der Waals surface area (Å²) in [5.74, 6) is -0.920. The maximum Gasteiger partial charge on any atom is 0.392 e. The van der Waals surface area contributed by atoms with E-state index in [1.165, 1.54) is 21.5 Å². The molecule has 3 aromatic heterocycles. The van der Waals surface area contributed by atoms with Crippen LogP contribution in [0.1, 0.15) is 50.6 Å². The number of rotatable bonds is 5. The van der Waals surface area contributed by atoms with Crippen LogP contribution in [0.5, 0.6) is 0 Å². The molecule has 0 radical (unpaired) electrons. The van der Waals surface area contributed by atoms with Gasteiger partial charge in [0.2, 0.25) is 5.78 Å². The third kappa shape index (κ3) is 4.50. The number of halogens is 3. The quantitative estimate of drug-likeness (QED) is 0.462. The molecule has 5 rings (SSSR count). The highest BCUT2D eigenvalue weighted by Gasteiger charge is 2.42. The van der Waals surface area contributed by atoms with E-state index in [9.17, 15) is 18.0 Å². The summed E-state index contributed by atoms with van der Waals surface area (Å²) in [4.78, 5) is 25.9. The van der Waals surface area contributed by atoms with Gasteiger partial charge >= 0.3 is 6.18 Å². The number of nitrogens with zero attached hydrogens (tertiary/aromatic N) is 6. The number of imidazole rings is 1. The average Bonchev–Trinajstić information content (AvgIpc) is 3.47. The van der Waals surface area contributed by atoms with Crippen molar-refractivity contribution in [2.75, 3.05) is 0 Å². The van der Waals surface area contributed by atoms with Gasteiger partial charge in [0, 0.05) is 41.6 Å². The van der Waals surface area contributed by atoms with Crippen molar-refractivity contribution in [2.45, 2.75) is 52.3 Å². The summed E-state index contributed by atoms with van der Waals surface area (Å²) in [5, 5.41) is 7.19. The maximum atomic E-state index is 13.1. The zero-order valence-electron chi connectivity index (χ0n) is 21.8. The monoisotopic (exact) mass is 486 g/mol. The van der Waals surface area contributed by atoms with E-state index in [1.807, 2.05) is 6.92 Å². The molecule has 1 atom stereocenters. The van der Waals surface area contributed by atoms with Crippen molar-refractivity contribution >= 4 is 11.7 Å². The molecule has 0 unspecified atom stereocenters. The minimum Gasteiger partial charge on any atom is -0.347 e. The van der Waals surface area contributed by atoms with Crippen LogP contribution in [0.4, 0.5) is 13.2 Å². The first-order chi connectivity index (χ1) is 17.9. The number of fused-ring (bicyclic) bond motifs is 2. The molecule has 0 saturated heterocycles. The van der Waals surface area contributed by atoms with Gasteiger partial charge in [0.25, 0.3) is 5.91 Å². The number of aryl methyl sites for hydroxylation is 3. The van der Waals surface area contributed by atoms with Gasteiger partial charge in [0.05, 0.1) is 11.6 Å². The number of nitrogens with one attached hydrogen (secondary N) is 1. The summed E-state index contributed by atoms with van der Waals surface area (Å²) in [5.41, 5.74) is 2.15. The van der Waals surface area contributed by atoms with Crippen LogP contribution < -0.4 is 5.32 Å². The Morgan fingerprint density at radius 1 is 1.26 bits per heavy atom. The Kier molecular flexibility index (Phi) is 4.91. The van der Waals surface area contributed by atoms with Gasteiger partial charge in [-0.15, -0.1) is 0 Å². The molecule has 8 nitrogen and oxygen atoms in total. The van der Waals surface area contributed by atoms with Gasteiger partial charge in [0.1, 0.15) is 11.5 Å².